The third-order valence-electron chi connectivity index (χ3n) is 3.01. The minimum absolute atomic E-state index is 0.127. The molecular weight excluding hydrogens is 276 g/mol. The number of nitrogens with zero attached hydrogens (tertiary/aromatic N) is 2. The van der Waals surface area contributed by atoms with E-state index in [4.69, 9.17) is 5.11 Å². The van der Waals surface area contributed by atoms with Crippen LogP contribution in [0.25, 0.3) is 0 Å². The molecule has 2 amide bonds. The molecule has 0 saturated heterocycles. The van der Waals surface area contributed by atoms with Crippen LogP contribution < -0.4 is 5.32 Å². The first-order valence-corrected chi connectivity index (χ1v) is 6.94. The number of aromatic nitrogens is 2. The van der Waals surface area contributed by atoms with Gasteiger partial charge in [0.15, 0.2) is 0 Å². The van der Waals surface area contributed by atoms with Crippen LogP contribution >= 0.6 is 0 Å². The number of nitrogens with one attached hydrogen (secondary N) is 2. The van der Waals surface area contributed by atoms with Crippen LogP contribution in [0.15, 0.2) is 12.5 Å². The lowest BCUT2D eigenvalue weighted by Crippen LogP contribution is -2.49. The normalized spacial score (nSPS) is 11.9. The van der Waals surface area contributed by atoms with Crippen molar-refractivity contribution < 1.29 is 19.8 Å². The number of aliphatic carboxylic acids is 1. The van der Waals surface area contributed by atoms with E-state index in [1.165, 1.54) is 17.4 Å². The maximum absolute atomic E-state index is 12.1. The van der Waals surface area contributed by atoms with E-state index < -0.39 is 18.0 Å². The van der Waals surface area contributed by atoms with Gasteiger partial charge in [0, 0.05) is 31.4 Å². The fraction of sp³-hybridized carbons (Fsp3) is 0.615. The minimum Gasteiger partial charge on any atom is -0.480 e. The van der Waals surface area contributed by atoms with E-state index in [2.05, 4.69) is 15.3 Å². The van der Waals surface area contributed by atoms with Crippen molar-refractivity contribution >= 4 is 12.0 Å². The van der Waals surface area contributed by atoms with Gasteiger partial charge in [0.1, 0.15) is 6.04 Å². The molecule has 21 heavy (non-hydrogen) atoms. The number of hydrogen-bond donors (Lipinski definition) is 4. The van der Waals surface area contributed by atoms with Crippen molar-refractivity contribution in [3.63, 3.8) is 0 Å². The Hall–Kier alpha value is -2.09. The Labute approximate surface area is 123 Å². The quantitative estimate of drug-likeness (QED) is 0.519. The summed E-state index contributed by atoms with van der Waals surface area (Å²) in [6.07, 6.45) is 4.80. The Balaban J connectivity index is 2.62. The van der Waals surface area contributed by atoms with E-state index >= 15 is 0 Å². The molecule has 0 aliphatic carbocycles. The van der Waals surface area contributed by atoms with Crippen molar-refractivity contribution in [2.75, 3.05) is 19.7 Å². The predicted octanol–water partition coefficient (Wildman–Crippen LogP) is 0.209. The molecule has 1 aromatic heterocycles. The lowest BCUT2D eigenvalue weighted by atomic mass is 10.1. The van der Waals surface area contributed by atoms with E-state index in [0.29, 0.717) is 12.2 Å². The van der Waals surface area contributed by atoms with Crippen molar-refractivity contribution in [1.29, 1.82) is 0 Å². The van der Waals surface area contributed by atoms with Crippen LogP contribution in [-0.4, -0.2) is 62.8 Å². The summed E-state index contributed by atoms with van der Waals surface area (Å²) in [7, 11) is 0. The van der Waals surface area contributed by atoms with Gasteiger partial charge in [0.05, 0.1) is 12.9 Å². The number of aliphatic hydroxyl groups excluding tert-OH is 1. The molecule has 0 saturated carbocycles. The lowest BCUT2D eigenvalue weighted by molar-refractivity contribution is -0.139. The lowest BCUT2D eigenvalue weighted by Gasteiger charge is -2.24. The molecule has 8 nitrogen and oxygen atoms in total. The van der Waals surface area contributed by atoms with Gasteiger partial charge in [-0.25, -0.2) is 14.6 Å². The van der Waals surface area contributed by atoms with Gasteiger partial charge in [0.25, 0.3) is 0 Å². The summed E-state index contributed by atoms with van der Waals surface area (Å²) in [6.45, 7) is 2.50. The number of hydrogen-bond acceptors (Lipinski definition) is 4. The van der Waals surface area contributed by atoms with Gasteiger partial charge in [-0.1, -0.05) is 13.3 Å². The number of carbonyl (C=O) groups excluding carboxylic acids is 1. The molecule has 0 radical (unpaired) electrons. The van der Waals surface area contributed by atoms with Gasteiger partial charge in [0.2, 0.25) is 0 Å². The molecule has 0 unspecified atom stereocenters. The topological polar surface area (TPSA) is 119 Å². The van der Waals surface area contributed by atoms with Crippen molar-refractivity contribution in [2.45, 2.75) is 32.2 Å². The number of carboxylic acids is 1. The van der Waals surface area contributed by atoms with E-state index in [1.807, 2.05) is 6.92 Å². The molecule has 4 N–H and O–H groups in total. The van der Waals surface area contributed by atoms with Crippen molar-refractivity contribution in [2.24, 2.45) is 0 Å². The van der Waals surface area contributed by atoms with Crippen LogP contribution in [0.4, 0.5) is 4.79 Å². The first kappa shape index (κ1) is 17.0. The highest BCUT2D eigenvalue weighted by Gasteiger charge is 2.23. The second-order valence-electron chi connectivity index (χ2n) is 4.69. The third-order valence-corrected chi connectivity index (χ3v) is 3.01. The van der Waals surface area contributed by atoms with E-state index in [0.717, 1.165) is 12.8 Å². The van der Waals surface area contributed by atoms with Crippen LogP contribution in [0.3, 0.4) is 0 Å². The summed E-state index contributed by atoms with van der Waals surface area (Å²) in [5, 5.41) is 20.7. The van der Waals surface area contributed by atoms with Gasteiger partial charge in [-0.2, -0.15) is 0 Å². The van der Waals surface area contributed by atoms with Crippen molar-refractivity contribution in [1.82, 2.24) is 20.2 Å². The highest BCUT2D eigenvalue weighted by atomic mass is 16.4. The zero-order valence-electron chi connectivity index (χ0n) is 12.1. The number of aliphatic hydroxyl groups is 1. The number of urea groups is 1. The monoisotopic (exact) mass is 298 g/mol. The average Bonchev–Trinajstić information content (AvgIpc) is 2.95. The summed E-state index contributed by atoms with van der Waals surface area (Å²) in [5.41, 5.74) is 0.630. The van der Waals surface area contributed by atoms with E-state index in [1.54, 1.807) is 0 Å². The fourth-order valence-electron chi connectivity index (χ4n) is 1.84. The summed E-state index contributed by atoms with van der Waals surface area (Å²) in [6, 6.07) is -1.52. The van der Waals surface area contributed by atoms with Gasteiger partial charge in [-0.05, 0) is 6.42 Å². The van der Waals surface area contributed by atoms with Gasteiger partial charge in [-0.15, -0.1) is 0 Å². The first-order chi connectivity index (χ1) is 10.1. The number of rotatable bonds is 9. The number of unbranched alkanes of at least 4 members (excludes halogenated alkanes) is 1. The van der Waals surface area contributed by atoms with Crippen LogP contribution in [0.2, 0.25) is 0 Å². The van der Waals surface area contributed by atoms with Gasteiger partial charge < -0.3 is 25.4 Å². The average molecular weight is 298 g/mol. The molecule has 0 aliphatic heterocycles. The number of imidazole rings is 1. The smallest absolute Gasteiger partial charge is 0.326 e. The van der Waals surface area contributed by atoms with Crippen molar-refractivity contribution in [3.05, 3.63) is 18.2 Å². The van der Waals surface area contributed by atoms with Crippen LogP contribution in [0.5, 0.6) is 0 Å². The van der Waals surface area contributed by atoms with Gasteiger partial charge >= 0.3 is 12.0 Å². The first-order valence-electron chi connectivity index (χ1n) is 6.94. The summed E-state index contributed by atoms with van der Waals surface area (Å²) < 4.78 is 0. The largest absolute Gasteiger partial charge is 0.480 e. The molecule has 0 bridgehead atoms. The predicted molar refractivity (Wildman–Crippen MR) is 75.8 cm³/mol. The molecule has 1 aromatic rings. The maximum atomic E-state index is 12.1. The van der Waals surface area contributed by atoms with Gasteiger partial charge in [-0.3, -0.25) is 0 Å². The molecular formula is C13H22N4O4. The Morgan fingerprint density at radius 3 is 2.76 bits per heavy atom. The van der Waals surface area contributed by atoms with E-state index in [-0.39, 0.29) is 19.6 Å². The van der Waals surface area contributed by atoms with Crippen molar-refractivity contribution in [3.8, 4) is 0 Å². The highest BCUT2D eigenvalue weighted by molar-refractivity contribution is 5.82. The van der Waals surface area contributed by atoms with Crippen LogP contribution in [-0.2, 0) is 11.2 Å². The summed E-state index contributed by atoms with van der Waals surface area (Å²) >= 11 is 0. The Morgan fingerprint density at radius 2 is 2.24 bits per heavy atom. The maximum Gasteiger partial charge on any atom is 0.326 e. The zero-order chi connectivity index (χ0) is 15.7. The zero-order valence-corrected chi connectivity index (χ0v) is 12.1. The second-order valence-corrected chi connectivity index (χ2v) is 4.69. The number of amides is 2. The highest BCUT2D eigenvalue weighted by Crippen LogP contribution is 2.02. The molecule has 1 atom stereocenters. The number of H-pyrrole nitrogens is 1. The SMILES string of the molecule is CCCCN(CCO)C(=O)N[C@H](Cc1cnc[nH]1)C(=O)O. The number of carboxylic acid groups (broad SMARTS) is 1. The third kappa shape index (κ3) is 5.82. The standard InChI is InChI=1S/C13H22N4O4/c1-2-3-4-17(5-6-18)13(21)16-11(12(19)20)7-10-8-14-9-15-10/h8-9,11,18H,2-7H2,1H3,(H,14,15)(H,16,21)(H,19,20)/t11-/m1/s1. The van der Waals surface area contributed by atoms with Crippen LogP contribution in [0, 0.1) is 0 Å². The Morgan fingerprint density at radius 1 is 1.48 bits per heavy atom. The molecule has 0 fully saturated rings. The Bertz CT molecular complexity index is 435. The molecule has 1 heterocycles. The molecule has 0 spiro atoms. The number of carbonyl (C=O) groups is 2. The molecule has 0 aromatic carbocycles. The fourth-order valence-corrected chi connectivity index (χ4v) is 1.84. The molecule has 8 heteroatoms. The molecule has 1 rings (SSSR count). The molecule has 0 aliphatic rings. The van der Waals surface area contributed by atoms with Crippen LogP contribution in [0.1, 0.15) is 25.5 Å². The Kier molecular flexibility index (Phi) is 7.24. The summed E-state index contributed by atoms with van der Waals surface area (Å²) in [5.74, 6) is -1.11. The molecule has 118 valence electrons. The minimum atomic E-state index is -1.11. The number of aromatic amines is 1. The summed E-state index contributed by atoms with van der Waals surface area (Å²) in [4.78, 5) is 31.4. The second kappa shape index (κ2) is 8.96. The van der Waals surface area contributed by atoms with E-state index in [9.17, 15) is 14.7 Å².